The van der Waals surface area contributed by atoms with Crippen LogP contribution in [0.4, 0.5) is 5.95 Å². The third kappa shape index (κ3) is 3.18. The summed E-state index contributed by atoms with van der Waals surface area (Å²) >= 11 is 0. The number of rotatable bonds is 6. The molecule has 21 heavy (non-hydrogen) atoms. The van der Waals surface area contributed by atoms with Crippen LogP contribution in [0.15, 0.2) is 43.2 Å². The van der Waals surface area contributed by atoms with Crippen molar-refractivity contribution in [1.82, 2.24) is 9.55 Å². The van der Waals surface area contributed by atoms with Gasteiger partial charge in [-0.05, 0) is 24.1 Å². The second kappa shape index (κ2) is 6.35. The van der Waals surface area contributed by atoms with Crippen molar-refractivity contribution in [3.63, 3.8) is 0 Å². The molecule has 0 spiro atoms. The van der Waals surface area contributed by atoms with Crippen molar-refractivity contribution in [3.05, 3.63) is 48.8 Å². The van der Waals surface area contributed by atoms with Gasteiger partial charge in [0.1, 0.15) is 13.2 Å². The number of imidazole rings is 1. The van der Waals surface area contributed by atoms with E-state index >= 15 is 0 Å². The van der Waals surface area contributed by atoms with Crippen LogP contribution in [0, 0.1) is 0 Å². The lowest BCUT2D eigenvalue weighted by atomic mass is 10.1. The molecule has 1 aromatic heterocycles. The molecule has 0 bridgehead atoms. The van der Waals surface area contributed by atoms with Gasteiger partial charge >= 0.3 is 0 Å². The molecule has 0 saturated carbocycles. The SMILES string of the molecule is C=CCNc1nccn1CCc1ccc2c(c1)OCCO2. The Bertz CT molecular complexity index is 622. The largest absolute Gasteiger partial charge is 0.486 e. The Morgan fingerprint density at radius 2 is 2.14 bits per heavy atom. The quantitative estimate of drug-likeness (QED) is 0.828. The molecule has 0 fully saturated rings. The maximum atomic E-state index is 5.61. The first kappa shape index (κ1) is 13.5. The van der Waals surface area contributed by atoms with E-state index in [0.29, 0.717) is 19.8 Å². The Kier molecular flexibility index (Phi) is 4.09. The summed E-state index contributed by atoms with van der Waals surface area (Å²) in [5.41, 5.74) is 1.22. The first-order valence-corrected chi connectivity index (χ1v) is 7.11. The molecule has 5 nitrogen and oxygen atoms in total. The molecule has 1 aromatic carbocycles. The van der Waals surface area contributed by atoms with Crippen molar-refractivity contribution in [2.75, 3.05) is 25.1 Å². The Hall–Kier alpha value is -2.43. The summed E-state index contributed by atoms with van der Waals surface area (Å²) in [6.07, 6.45) is 6.51. The third-order valence-corrected chi connectivity index (χ3v) is 3.37. The summed E-state index contributed by atoms with van der Waals surface area (Å²) in [4.78, 5) is 4.30. The highest BCUT2D eigenvalue weighted by molar-refractivity contribution is 5.43. The molecular formula is C16H19N3O2. The molecule has 5 heteroatoms. The summed E-state index contributed by atoms with van der Waals surface area (Å²) in [6.45, 7) is 6.51. The van der Waals surface area contributed by atoms with Gasteiger partial charge < -0.3 is 19.4 Å². The van der Waals surface area contributed by atoms with Crippen LogP contribution in [0.3, 0.4) is 0 Å². The van der Waals surface area contributed by atoms with Crippen LogP contribution >= 0.6 is 0 Å². The van der Waals surface area contributed by atoms with Crippen molar-refractivity contribution < 1.29 is 9.47 Å². The summed E-state index contributed by atoms with van der Waals surface area (Å²) < 4.78 is 13.2. The highest BCUT2D eigenvalue weighted by Gasteiger charge is 2.11. The van der Waals surface area contributed by atoms with Crippen LogP contribution in [0.25, 0.3) is 0 Å². The minimum atomic E-state index is 0.619. The van der Waals surface area contributed by atoms with Crippen molar-refractivity contribution in [3.8, 4) is 11.5 Å². The fourth-order valence-electron chi connectivity index (χ4n) is 2.31. The third-order valence-electron chi connectivity index (χ3n) is 3.37. The standard InChI is InChI=1S/C16H19N3O2/c1-2-6-17-16-18-7-9-19(16)8-5-13-3-4-14-15(12-13)21-11-10-20-14/h2-4,7,9,12H,1,5-6,8,10-11H2,(H,17,18). The zero-order valence-corrected chi connectivity index (χ0v) is 11.9. The molecule has 1 N–H and O–H groups in total. The van der Waals surface area contributed by atoms with Gasteiger partial charge in [-0.2, -0.15) is 0 Å². The topological polar surface area (TPSA) is 48.3 Å². The molecule has 1 aliphatic heterocycles. The number of hydrogen-bond donors (Lipinski definition) is 1. The number of benzene rings is 1. The zero-order chi connectivity index (χ0) is 14.5. The Morgan fingerprint density at radius 1 is 1.29 bits per heavy atom. The van der Waals surface area contributed by atoms with Gasteiger partial charge in [0.05, 0.1) is 0 Å². The minimum absolute atomic E-state index is 0.619. The van der Waals surface area contributed by atoms with Crippen molar-refractivity contribution >= 4 is 5.95 Å². The summed E-state index contributed by atoms with van der Waals surface area (Å²) in [5, 5.41) is 3.22. The van der Waals surface area contributed by atoms with Crippen molar-refractivity contribution in [1.29, 1.82) is 0 Å². The number of nitrogens with one attached hydrogen (secondary N) is 1. The van der Waals surface area contributed by atoms with Crippen LogP contribution in [-0.2, 0) is 13.0 Å². The van der Waals surface area contributed by atoms with Gasteiger partial charge in [0, 0.05) is 25.5 Å². The highest BCUT2D eigenvalue weighted by Crippen LogP contribution is 2.30. The number of nitrogens with zero attached hydrogens (tertiary/aromatic N) is 2. The second-order valence-corrected chi connectivity index (χ2v) is 4.84. The van der Waals surface area contributed by atoms with Crippen LogP contribution in [0.5, 0.6) is 11.5 Å². The Labute approximate surface area is 124 Å². The monoisotopic (exact) mass is 285 g/mol. The lowest BCUT2D eigenvalue weighted by molar-refractivity contribution is 0.171. The number of anilines is 1. The number of aryl methyl sites for hydroxylation is 2. The number of hydrogen-bond acceptors (Lipinski definition) is 4. The summed E-state index contributed by atoms with van der Waals surface area (Å²) in [6, 6.07) is 6.12. The smallest absolute Gasteiger partial charge is 0.203 e. The zero-order valence-electron chi connectivity index (χ0n) is 11.9. The molecule has 3 rings (SSSR count). The van der Waals surface area contributed by atoms with E-state index in [0.717, 1.165) is 30.4 Å². The van der Waals surface area contributed by atoms with Gasteiger partial charge in [0.15, 0.2) is 11.5 Å². The molecule has 0 atom stereocenters. The van der Waals surface area contributed by atoms with Gasteiger partial charge in [-0.15, -0.1) is 6.58 Å². The van der Waals surface area contributed by atoms with E-state index in [4.69, 9.17) is 9.47 Å². The molecular weight excluding hydrogens is 266 g/mol. The lowest BCUT2D eigenvalue weighted by Crippen LogP contribution is -2.15. The highest BCUT2D eigenvalue weighted by atomic mass is 16.6. The van der Waals surface area contributed by atoms with E-state index in [9.17, 15) is 0 Å². The average molecular weight is 285 g/mol. The second-order valence-electron chi connectivity index (χ2n) is 4.84. The molecule has 0 aliphatic carbocycles. The fraction of sp³-hybridized carbons (Fsp3) is 0.312. The molecule has 0 radical (unpaired) electrons. The number of aromatic nitrogens is 2. The molecule has 1 aliphatic rings. The van der Waals surface area contributed by atoms with E-state index in [1.165, 1.54) is 5.56 Å². The van der Waals surface area contributed by atoms with Crippen molar-refractivity contribution in [2.24, 2.45) is 0 Å². The van der Waals surface area contributed by atoms with Crippen LogP contribution in [0.2, 0.25) is 0 Å². The van der Waals surface area contributed by atoms with Crippen LogP contribution in [-0.4, -0.2) is 29.3 Å². The Balaban J connectivity index is 1.65. The van der Waals surface area contributed by atoms with Crippen LogP contribution in [0.1, 0.15) is 5.56 Å². The van der Waals surface area contributed by atoms with Gasteiger partial charge in [0.25, 0.3) is 0 Å². The number of fused-ring (bicyclic) bond motifs is 1. The predicted molar refractivity (Wildman–Crippen MR) is 82.0 cm³/mol. The summed E-state index contributed by atoms with van der Waals surface area (Å²) in [5.74, 6) is 2.54. The molecule has 110 valence electrons. The maximum absolute atomic E-state index is 5.61. The molecule has 2 heterocycles. The van der Waals surface area contributed by atoms with E-state index in [1.54, 1.807) is 6.20 Å². The van der Waals surface area contributed by atoms with Gasteiger partial charge in [-0.25, -0.2) is 4.98 Å². The summed E-state index contributed by atoms with van der Waals surface area (Å²) in [7, 11) is 0. The van der Waals surface area contributed by atoms with E-state index < -0.39 is 0 Å². The van der Waals surface area contributed by atoms with Gasteiger partial charge in [-0.1, -0.05) is 12.1 Å². The molecule has 0 saturated heterocycles. The maximum Gasteiger partial charge on any atom is 0.203 e. The van der Waals surface area contributed by atoms with Gasteiger partial charge in [0.2, 0.25) is 5.95 Å². The normalized spacial score (nSPS) is 13.0. The van der Waals surface area contributed by atoms with E-state index in [-0.39, 0.29) is 0 Å². The first-order chi connectivity index (χ1) is 10.4. The lowest BCUT2D eigenvalue weighted by Gasteiger charge is -2.19. The minimum Gasteiger partial charge on any atom is -0.486 e. The average Bonchev–Trinajstić information content (AvgIpc) is 2.98. The fourth-order valence-corrected chi connectivity index (χ4v) is 2.31. The molecule has 0 unspecified atom stereocenters. The van der Waals surface area contributed by atoms with E-state index in [2.05, 4.69) is 33.6 Å². The van der Waals surface area contributed by atoms with Crippen LogP contribution < -0.4 is 14.8 Å². The molecule has 2 aromatic rings. The molecule has 0 amide bonds. The first-order valence-electron chi connectivity index (χ1n) is 7.11. The Morgan fingerprint density at radius 3 is 3.00 bits per heavy atom. The van der Waals surface area contributed by atoms with E-state index in [1.807, 2.05) is 18.3 Å². The number of ether oxygens (including phenoxy) is 2. The predicted octanol–water partition coefficient (Wildman–Crippen LogP) is 2.49. The van der Waals surface area contributed by atoms with Crippen molar-refractivity contribution in [2.45, 2.75) is 13.0 Å². The van der Waals surface area contributed by atoms with Gasteiger partial charge in [-0.3, -0.25) is 0 Å².